The summed E-state index contributed by atoms with van der Waals surface area (Å²) in [5.41, 5.74) is 3.69. The molecule has 194 valence electrons. The standard InChI is InChI=1S/C28H30FN3O3S2/c1-2-21-18-36-28(30-21)26(17-20-12-14-22(15-13-20)32-37(34)35)31-27(33)24(16-19-8-4-3-5-9-19)23-10-6-7-11-25(23)29/h4,6-15,18,24,26,32H,2-3,5,16-17H2,1H3,(H,31,33)(H,34,35)/p-1/t24?,26-/m0/s1. The Morgan fingerprint density at radius 2 is 1.95 bits per heavy atom. The summed E-state index contributed by atoms with van der Waals surface area (Å²) in [4.78, 5) is 18.5. The lowest BCUT2D eigenvalue weighted by molar-refractivity contribution is -0.123. The Morgan fingerprint density at radius 3 is 2.59 bits per heavy atom. The third-order valence-electron chi connectivity index (χ3n) is 6.25. The summed E-state index contributed by atoms with van der Waals surface area (Å²) in [7, 11) is 0. The first kappa shape index (κ1) is 26.9. The Labute approximate surface area is 223 Å². The van der Waals surface area contributed by atoms with Crippen LogP contribution in [0.5, 0.6) is 0 Å². The molecule has 0 saturated carbocycles. The Balaban J connectivity index is 1.61. The number of thiazole rings is 1. The molecule has 1 heterocycles. The van der Waals surface area contributed by atoms with Crippen LogP contribution in [0.25, 0.3) is 0 Å². The number of rotatable bonds is 11. The van der Waals surface area contributed by atoms with E-state index in [1.807, 2.05) is 30.5 Å². The molecular weight excluding hydrogens is 509 g/mol. The predicted octanol–water partition coefficient (Wildman–Crippen LogP) is 5.90. The zero-order chi connectivity index (χ0) is 26.2. The summed E-state index contributed by atoms with van der Waals surface area (Å²) in [5.74, 6) is -1.36. The number of aryl methyl sites for hydroxylation is 1. The van der Waals surface area contributed by atoms with E-state index in [-0.39, 0.29) is 5.91 Å². The van der Waals surface area contributed by atoms with E-state index in [4.69, 9.17) is 4.98 Å². The van der Waals surface area contributed by atoms with E-state index < -0.39 is 29.0 Å². The number of allylic oxidation sites excluding steroid dienone is 4. The molecule has 0 bridgehead atoms. The van der Waals surface area contributed by atoms with Gasteiger partial charge in [-0.1, -0.05) is 61.1 Å². The monoisotopic (exact) mass is 538 g/mol. The van der Waals surface area contributed by atoms with Crippen molar-refractivity contribution < 1.29 is 17.9 Å². The highest BCUT2D eigenvalue weighted by molar-refractivity contribution is 7.80. The van der Waals surface area contributed by atoms with Crippen LogP contribution >= 0.6 is 11.3 Å². The van der Waals surface area contributed by atoms with Gasteiger partial charge in [0.05, 0.1) is 17.7 Å². The van der Waals surface area contributed by atoms with Gasteiger partial charge in [-0.25, -0.2) is 9.37 Å². The van der Waals surface area contributed by atoms with Gasteiger partial charge < -0.3 is 14.6 Å². The molecule has 9 heteroatoms. The maximum atomic E-state index is 14.9. The average molecular weight is 539 g/mol. The summed E-state index contributed by atoms with van der Waals surface area (Å²) in [6.07, 6.45) is 9.71. The van der Waals surface area contributed by atoms with Gasteiger partial charge in [-0.3, -0.25) is 9.00 Å². The fourth-order valence-corrected chi connectivity index (χ4v) is 5.60. The number of nitrogens with one attached hydrogen (secondary N) is 2. The van der Waals surface area contributed by atoms with Crippen molar-refractivity contribution in [2.75, 3.05) is 4.72 Å². The molecule has 1 amide bonds. The first-order valence-electron chi connectivity index (χ1n) is 12.2. The van der Waals surface area contributed by atoms with Gasteiger partial charge in [0.2, 0.25) is 5.91 Å². The van der Waals surface area contributed by atoms with Crippen molar-refractivity contribution in [1.29, 1.82) is 0 Å². The number of halogens is 1. The first-order valence-corrected chi connectivity index (χ1v) is 14.2. The lowest BCUT2D eigenvalue weighted by Crippen LogP contribution is -2.34. The molecule has 2 aromatic carbocycles. The number of anilines is 1. The third-order valence-corrected chi connectivity index (χ3v) is 7.66. The Kier molecular flexibility index (Phi) is 9.38. The normalized spacial score (nSPS) is 15.5. The number of carbonyl (C=O) groups excluding carboxylic acids is 1. The van der Waals surface area contributed by atoms with E-state index >= 15 is 0 Å². The summed E-state index contributed by atoms with van der Waals surface area (Å²) in [6.45, 7) is 2.03. The Bertz CT molecular complexity index is 1300. The van der Waals surface area contributed by atoms with Crippen molar-refractivity contribution in [3.63, 3.8) is 0 Å². The maximum absolute atomic E-state index is 14.9. The van der Waals surface area contributed by atoms with Crippen LogP contribution in [0.2, 0.25) is 0 Å². The van der Waals surface area contributed by atoms with Crippen LogP contribution in [-0.4, -0.2) is 19.7 Å². The van der Waals surface area contributed by atoms with Gasteiger partial charge in [0.15, 0.2) is 0 Å². The van der Waals surface area contributed by atoms with Crippen LogP contribution in [0.4, 0.5) is 10.1 Å². The Morgan fingerprint density at radius 1 is 1.16 bits per heavy atom. The summed E-state index contributed by atoms with van der Waals surface area (Å²) >= 11 is -0.919. The molecule has 0 radical (unpaired) electrons. The molecular formula is C28H29FN3O3S2-. The van der Waals surface area contributed by atoms with Crippen molar-refractivity contribution in [1.82, 2.24) is 10.3 Å². The van der Waals surface area contributed by atoms with Gasteiger partial charge in [0.1, 0.15) is 10.8 Å². The fourth-order valence-electron chi connectivity index (χ4n) is 4.31. The molecule has 6 nitrogen and oxygen atoms in total. The molecule has 3 aromatic rings. The molecule has 1 aliphatic rings. The third kappa shape index (κ3) is 7.44. The highest BCUT2D eigenvalue weighted by Gasteiger charge is 2.28. The van der Waals surface area contributed by atoms with Gasteiger partial charge in [-0.15, -0.1) is 11.3 Å². The van der Waals surface area contributed by atoms with Gasteiger partial charge in [0, 0.05) is 27.9 Å². The van der Waals surface area contributed by atoms with Gasteiger partial charge in [-0.2, -0.15) is 0 Å². The average Bonchev–Trinajstić information content (AvgIpc) is 3.38. The number of aromatic nitrogens is 1. The molecule has 0 saturated heterocycles. The van der Waals surface area contributed by atoms with Crippen molar-refractivity contribution in [2.45, 2.75) is 51.0 Å². The van der Waals surface area contributed by atoms with Crippen molar-refractivity contribution >= 4 is 34.2 Å². The molecule has 2 N–H and O–H groups in total. The minimum atomic E-state index is -2.40. The molecule has 0 fully saturated rings. The second-order valence-corrected chi connectivity index (χ2v) is 10.4. The van der Waals surface area contributed by atoms with Gasteiger partial charge >= 0.3 is 0 Å². The number of carbonyl (C=O) groups is 1. The molecule has 0 aliphatic heterocycles. The number of benzene rings is 2. The van der Waals surface area contributed by atoms with Crippen LogP contribution < -0.4 is 10.0 Å². The van der Waals surface area contributed by atoms with Crippen molar-refractivity contribution in [3.8, 4) is 0 Å². The van der Waals surface area contributed by atoms with Gasteiger partial charge in [-0.05, 0) is 55.9 Å². The number of hydrogen-bond acceptors (Lipinski definition) is 5. The molecule has 3 atom stereocenters. The number of hydrogen-bond donors (Lipinski definition) is 2. The molecule has 4 rings (SSSR count). The SMILES string of the molecule is CCc1csc([C@H](Cc2ccc(NS(=O)[O-])cc2)NC(=O)C(CC2=CCCC=C2)c2ccccc2F)n1. The summed E-state index contributed by atoms with van der Waals surface area (Å²) in [6, 6.07) is 13.0. The molecule has 0 spiro atoms. The van der Waals surface area contributed by atoms with Crippen LogP contribution in [0.1, 0.15) is 60.0 Å². The molecule has 1 aliphatic carbocycles. The zero-order valence-electron chi connectivity index (χ0n) is 20.5. The smallest absolute Gasteiger partial charge is 0.228 e. The minimum Gasteiger partial charge on any atom is -0.755 e. The predicted molar refractivity (Wildman–Crippen MR) is 145 cm³/mol. The van der Waals surface area contributed by atoms with Crippen molar-refractivity contribution in [3.05, 3.63) is 105 Å². The Hall–Kier alpha value is -3.14. The van der Waals surface area contributed by atoms with Gasteiger partial charge in [0.25, 0.3) is 0 Å². The highest BCUT2D eigenvalue weighted by Crippen LogP contribution is 2.31. The first-order chi connectivity index (χ1) is 17.9. The lowest BCUT2D eigenvalue weighted by atomic mass is 9.88. The van der Waals surface area contributed by atoms with E-state index in [1.165, 1.54) is 17.4 Å². The van der Waals surface area contributed by atoms with Crippen LogP contribution in [0.15, 0.2) is 77.7 Å². The van der Waals surface area contributed by atoms with E-state index in [9.17, 15) is 17.9 Å². The van der Waals surface area contributed by atoms with E-state index in [0.717, 1.165) is 41.1 Å². The topological polar surface area (TPSA) is 94.1 Å². The molecule has 1 aromatic heterocycles. The lowest BCUT2D eigenvalue weighted by Gasteiger charge is -2.23. The summed E-state index contributed by atoms with van der Waals surface area (Å²) < 4.78 is 39.0. The fraction of sp³-hybridized carbons (Fsp3) is 0.286. The maximum Gasteiger partial charge on any atom is 0.228 e. The molecule has 37 heavy (non-hydrogen) atoms. The van der Waals surface area contributed by atoms with E-state index in [2.05, 4.69) is 22.2 Å². The highest BCUT2D eigenvalue weighted by atomic mass is 32.2. The zero-order valence-corrected chi connectivity index (χ0v) is 22.1. The van der Waals surface area contributed by atoms with E-state index in [0.29, 0.717) is 24.1 Å². The number of amides is 1. The number of nitrogens with zero attached hydrogens (tertiary/aromatic N) is 1. The second-order valence-electron chi connectivity index (χ2n) is 8.87. The minimum absolute atomic E-state index is 0.261. The quantitative estimate of drug-likeness (QED) is 0.297. The largest absolute Gasteiger partial charge is 0.755 e. The van der Waals surface area contributed by atoms with Crippen LogP contribution in [-0.2, 0) is 28.9 Å². The van der Waals surface area contributed by atoms with E-state index in [1.54, 1.807) is 30.3 Å². The molecule has 2 unspecified atom stereocenters. The van der Waals surface area contributed by atoms with Crippen LogP contribution in [0.3, 0.4) is 0 Å². The second kappa shape index (κ2) is 12.9. The van der Waals surface area contributed by atoms with Crippen molar-refractivity contribution in [2.24, 2.45) is 0 Å². The summed E-state index contributed by atoms with van der Waals surface area (Å²) in [5, 5.41) is 5.92. The van der Waals surface area contributed by atoms with Crippen LogP contribution in [0, 0.1) is 5.82 Å².